The van der Waals surface area contributed by atoms with E-state index in [2.05, 4.69) is 0 Å². The van der Waals surface area contributed by atoms with Gasteiger partial charge in [0.25, 0.3) is 0 Å². The van der Waals surface area contributed by atoms with Gasteiger partial charge in [0, 0.05) is 0 Å². The second-order valence-electron chi connectivity index (χ2n) is 2.19. The van der Waals surface area contributed by atoms with Gasteiger partial charge in [0.15, 0.2) is 0 Å². The summed E-state index contributed by atoms with van der Waals surface area (Å²) < 4.78 is 0. The molecule has 2 nitrogen and oxygen atoms in total. The SMILES string of the molecule is CCC(C)C=C(C#N)C#N. The minimum atomic E-state index is 0.217. The Kier molecular flexibility index (Phi) is 4.00. The first kappa shape index (κ1) is 8.72. The zero-order valence-electron chi connectivity index (χ0n) is 6.26. The van der Waals surface area contributed by atoms with E-state index in [1.165, 1.54) is 0 Å². The highest BCUT2D eigenvalue weighted by Gasteiger charge is 1.96. The molecule has 0 aliphatic rings. The molecule has 1 unspecified atom stereocenters. The fourth-order valence-electron chi connectivity index (χ4n) is 0.502. The highest BCUT2D eigenvalue weighted by atomic mass is 14.3. The van der Waals surface area contributed by atoms with E-state index in [-0.39, 0.29) is 5.57 Å². The number of rotatable bonds is 2. The Labute approximate surface area is 61.4 Å². The molecule has 1 atom stereocenters. The minimum Gasteiger partial charge on any atom is -0.192 e. The van der Waals surface area contributed by atoms with Gasteiger partial charge in [0.2, 0.25) is 0 Å². The van der Waals surface area contributed by atoms with Crippen LogP contribution in [0.25, 0.3) is 0 Å². The van der Waals surface area contributed by atoms with Crippen molar-refractivity contribution in [1.29, 1.82) is 10.5 Å². The summed E-state index contributed by atoms with van der Waals surface area (Å²) in [5, 5.41) is 16.7. The first-order valence-corrected chi connectivity index (χ1v) is 3.26. The lowest BCUT2D eigenvalue weighted by Gasteiger charge is -1.97. The first-order chi connectivity index (χ1) is 4.74. The molecule has 0 aromatic carbocycles. The van der Waals surface area contributed by atoms with Crippen LogP contribution in [0.4, 0.5) is 0 Å². The van der Waals surface area contributed by atoms with E-state index in [1.807, 2.05) is 26.0 Å². The van der Waals surface area contributed by atoms with E-state index in [4.69, 9.17) is 10.5 Å². The van der Waals surface area contributed by atoms with Gasteiger partial charge in [-0.1, -0.05) is 26.3 Å². The number of allylic oxidation sites excluding steroid dienone is 2. The van der Waals surface area contributed by atoms with Gasteiger partial charge in [-0.05, 0) is 5.92 Å². The van der Waals surface area contributed by atoms with Crippen LogP contribution in [0, 0.1) is 28.6 Å². The van der Waals surface area contributed by atoms with Gasteiger partial charge in [-0.3, -0.25) is 0 Å². The molecule has 0 amide bonds. The fraction of sp³-hybridized carbons (Fsp3) is 0.500. The van der Waals surface area contributed by atoms with Crippen molar-refractivity contribution in [2.24, 2.45) is 5.92 Å². The molecule has 0 aromatic heterocycles. The lowest BCUT2D eigenvalue weighted by Crippen LogP contribution is -1.86. The monoisotopic (exact) mass is 134 g/mol. The smallest absolute Gasteiger partial charge is 0.125 e. The summed E-state index contributed by atoms with van der Waals surface area (Å²) in [6.45, 7) is 4.00. The third kappa shape index (κ3) is 2.89. The maximum absolute atomic E-state index is 8.33. The summed E-state index contributed by atoms with van der Waals surface area (Å²) in [5.74, 6) is 0.328. The predicted octanol–water partition coefficient (Wildman–Crippen LogP) is 2.01. The Morgan fingerprint density at radius 2 is 2.00 bits per heavy atom. The van der Waals surface area contributed by atoms with E-state index in [1.54, 1.807) is 6.08 Å². The summed E-state index contributed by atoms with van der Waals surface area (Å²) in [6.07, 6.45) is 2.66. The van der Waals surface area contributed by atoms with Gasteiger partial charge in [-0.2, -0.15) is 10.5 Å². The van der Waals surface area contributed by atoms with Crippen LogP contribution in [0.2, 0.25) is 0 Å². The molecule has 0 radical (unpaired) electrons. The van der Waals surface area contributed by atoms with Crippen LogP contribution in [0.15, 0.2) is 11.6 Å². The van der Waals surface area contributed by atoms with E-state index >= 15 is 0 Å². The largest absolute Gasteiger partial charge is 0.192 e. The van der Waals surface area contributed by atoms with E-state index in [9.17, 15) is 0 Å². The molecule has 0 heterocycles. The summed E-state index contributed by atoms with van der Waals surface area (Å²) in [5.41, 5.74) is 0.217. The molecule has 0 aromatic rings. The molecular formula is C8H10N2. The van der Waals surface area contributed by atoms with Gasteiger partial charge in [-0.25, -0.2) is 0 Å². The van der Waals surface area contributed by atoms with Crippen LogP contribution in [-0.4, -0.2) is 0 Å². The highest BCUT2D eigenvalue weighted by molar-refractivity contribution is 5.35. The van der Waals surface area contributed by atoms with Crippen molar-refractivity contribution in [3.63, 3.8) is 0 Å². The van der Waals surface area contributed by atoms with Crippen LogP contribution in [0.3, 0.4) is 0 Å². The third-order valence-corrected chi connectivity index (χ3v) is 1.34. The van der Waals surface area contributed by atoms with Crippen molar-refractivity contribution in [2.75, 3.05) is 0 Å². The summed E-state index contributed by atoms with van der Waals surface area (Å²) in [6, 6.07) is 3.63. The molecule has 0 spiro atoms. The summed E-state index contributed by atoms with van der Waals surface area (Å²) in [4.78, 5) is 0. The lowest BCUT2D eigenvalue weighted by molar-refractivity contribution is 0.696. The molecule has 0 bridgehead atoms. The molecule has 0 aliphatic carbocycles. The molecule has 0 N–H and O–H groups in total. The van der Waals surface area contributed by atoms with Crippen molar-refractivity contribution >= 4 is 0 Å². The standard InChI is InChI=1S/C8H10N2/c1-3-7(2)4-8(5-9)6-10/h4,7H,3H2,1-2H3. The van der Waals surface area contributed by atoms with Crippen molar-refractivity contribution in [3.8, 4) is 12.1 Å². The molecule has 10 heavy (non-hydrogen) atoms. The highest BCUT2D eigenvalue weighted by Crippen LogP contribution is 2.05. The van der Waals surface area contributed by atoms with Gasteiger partial charge in [-0.15, -0.1) is 0 Å². The maximum Gasteiger partial charge on any atom is 0.125 e. The normalized spacial score (nSPS) is 10.8. The topological polar surface area (TPSA) is 47.6 Å². The average Bonchev–Trinajstić information content (AvgIpc) is 1.99. The molecule has 0 saturated heterocycles. The van der Waals surface area contributed by atoms with E-state index in [0.717, 1.165) is 6.42 Å². The zero-order chi connectivity index (χ0) is 7.98. The third-order valence-electron chi connectivity index (χ3n) is 1.34. The molecule has 0 saturated carbocycles. The van der Waals surface area contributed by atoms with Gasteiger partial charge >= 0.3 is 0 Å². The molecule has 0 rings (SSSR count). The van der Waals surface area contributed by atoms with Crippen LogP contribution in [0.5, 0.6) is 0 Å². The Hall–Kier alpha value is -1.28. The van der Waals surface area contributed by atoms with Crippen LogP contribution in [0.1, 0.15) is 20.3 Å². The van der Waals surface area contributed by atoms with Gasteiger partial charge in [0.1, 0.15) is 17.7 Å². The van der Waals surface area contributed by atoms with E-state index in [0.29, 0.717) is 5.92 Å². The summed E-state index contributed by atoms with van der Waals surface area (Å²) >= 11 is 0. The molecule has 52 valence electrons. The Bertz CT molecular complexity index is 186. The molecule has 0 aliphatic heterocycles. The maximum atomic E-state index is 8.33. The molecular weight excluding hydrogens is 124 g/mol. The van der Waals surface area contributed by atoms with Gasteiger partial charge < -0.3 is 0 Å². The zero-order valence-corrected chi connectivity index (χ0v) is 6.26. The Morgan fingerprint density at radius 3 is 2.30 bits per heavy atom. The quantitative estimate of drug-likeness (QED) is 0.542. The summed E-state index contributed by atoms with van der Waals surface area (Å²) in [7, 11) is 0. The lowest BCUT2D eigenvalue weighted by atomic mass is 10.1. The number of nitriles is 2. The molecule has 0 fully saturated rings. The second kappa shape index (κ2) is 4.58. The second-order valence-corrected chi connectivity index (χ2v) is 2.19. The Morgan fingerprint density at radius 1 is 1.50 bits per heavy atom. The fourth-order valence-corrected chi connectivity index (χ4v) is 0.502. The van der Waals surface area contributed by atoms with E-state index < -0.39 is 0 Å². The van der Waals surface area contributed by atoms with Crippen LogP contribution < -0.4 is 0 Å². The Balaban J connectivity index is 4.18. The molecule has 2 heteroatoms. The number of hydrogen-bond acceptors (Lipinski definition) is 2. The number of nitrogens with zero attached hydrogens (tertiary/aromatic N) is 2. The van der Waals surface area contributed by atoms with Crippen LogP contribution >= 0.6 is 0 Å². The van der Waals surface area contributed by atoms with Crippen LogP contribution in [-0.2, 0) is 0 Å². The predicted molar refractivity (Wildman–Crippen MR) is 38.8 cm³/mol. The van der Waals surface area contributed by atoms with Crippen molar-refractivity contribution in [3.05, 3.63) is 11.6 Å². The first-order valence-electron chi connectivity index (χ1n) is 3.26. The van der Waals surface area contributed by atoms with Crippen molar-refractivity contribution < 1.29 is 0 Å². The average molecular weight is 134 g/mol. The minimum absolute atomic E-state index is 0.217. The van der Waals surface area contributed by atoms with Gasteiger partial charge in [0.05, 0.1) is 0 Å². The van der Waals surface area contributed by atoms with Crippen molar-refractivity contribution in [1.82, 2.24) is 0 Å². The number of hydrogen-bond donors (Lipinski definition) is 0. The van der Waals surface area contributed by atoms with Crippen molar-refractivity contribution in [2.45, 2.75) is 20.3 Å².